The van der Waals surface area contributed by atoms with Crippen molar-refractivity contribution in [2.24, 2.45) is 0 Å². The molecule has 0 spiro atoms. The zero-order chi connectivity index (χ0) is 19.2. The zero-order valence-electron chi connectivity index (χ0n) is 15.3. The number of carboxylic acids is 1. The number of carbonyl (C=O) groups is 2. The molecule has 1 amide bonds. The molecule has 3 aromatic rings. The molecule has 138 valence electrons. The van der Waals surface area contributed by atoms with Gasteiger partial charge in [0.1, 0.15) is 0 Å². The van der Waals surface area contributed by atoms with Crippen molar-refractivity contribution in [2.45, 2.75) is 32.2 Å². The first kappa shape index (κ1) is 18.6. The molecule has 4 nitrogen and oxygen atoms in total. The highest BCUT2D eigenvalue weighted by Gasteiger charge is 2.17. The number of amides is 1. The van der Waals surface area contributed by atoms with Gasteiger partial charge < -0.3 is 10.4 Å². The fourth-order valence-corrected chi connectivity index (χ4v) is 3.32. The standard InChI is InChI=1S/C23H23NO3/c1-16-5-4-6-17(11-16)14-22(25)24-21(15-23(26)27)13-18-9-10-19-7-2-3-8-20(19)12-18/h2-12,21H,13-15H2,1H3,(H,24,25)(H,26,27)/t21-/m0/s1. The Hall–Kier alpha value is -3.14. The van der Waals surface area contributed by atoms with E-state index >= 15 is 0 Å². The Labute approximate surface area is 158 Å². The van der Waals surface area contributed by atoms with Crippen molar-refractivity contribution in [1.82, 2.24) is 5.32 Å². The second kappa shape index (κ2) is 8.49. The highest BCUT2D eigenvalue weighted by molar-refractivity contribution is 5.83. The van der Waals surface area contributed by atoms with Crippen molar-refractivity contribution in [3.8, 4) is 0 Å². The van der Waals surface area contributed by atoms with Crippen LogP contribution < -0.4 is 5.32 Å². The Balaban J connectivity index is 1.70. The van der Waals surface area contributed by atoms with Gasteiger partial charge in [0, 0.05) is 6.04 Å². The van der Waals surface area contributed by atoms with Gasteiger partial charge in [-0.25, -0.2) is 0 Å². The number of hydrogen-bond acceptors (Lipinski definition) is 2. The van der Waals surface area contributed by atoms with E-state index in [1.165, 1.54) is 0 Å². The molecule has 0 heterocycles. The van der Waals surface area contributed by atoms with E-state index in [1.807, 2.05) is 67.6 Å². The summed E-state index contributed by atoms with van der Waals surface area (Å²) in [5, 5.41) is 14.4. The van der Waals surface area contributed by atoms with Gasteiger partial charge in [0.15, 0.2) is 0 Å². The van der Waals surface area contributed by atoms with Crippen LogP contribution in [0, 0.1) is 6.92 Å². The number of fused-ring (bicyclic) bond motifs is 1. The molecule has 0 saturated heterocycles. The number of carbonyl (C=O) groups excluding carboxylic acids is 1. The van der Waals surface area contributed by atoms with Crippen molar-refractivity contribution in [1.29, 1.82) is 0 Å². The summed E-state index contributed by atoms with van der Waals surface area (Å²) in [6.45, 7) is 1.98. The van der Waals surface area contributed by atoms with E-state index in [2.05, 4.69) is 11.4 Å². The fraction of sp³-hybridized carbons (Fsp3) is 0.217. The van der Waals surface area contributed by atoms with E-state index in [4.69, 9.17) is 0 Å². The van der Waals surface area contributed by atoms with Crippen LogP contribution >= 0.6 is 0 Å². The monoisotopic (exact) mass is 361 g/mol. The molecule has 0 aliphatic carbocycles. The van der Waals surface area contributed by atoms with E-state index < -0.39 is 12.0 Å². The fourth-order valence-electron chi connectivity index (χ4n) is 3.32. The SMILES string of the molecule is Cc1cccc(CC(=O)N[C@H](CC(=O)O)Cc2ccc3ccccc3c2)c1. The summed E-state index contributed by atoms with van der Waals surface area (Å²) in [6.07, 6.45) is 0.624. The number of aliphatic carboxylic acids is 1. The van der Waals surface area contributed by atoms with Gasteiger partial charge in [-0.15, -0.1) is 0 Å². The first-order valence-electron chi connectivity index (χ1n) is 9.04. The Kier molecular flexibility index (Phi) is 5.87. The summed E-state index contributed by atoms with van der Waals surface area (Å²) < 4.78 is 0. The summed E-state index contributed by atoms with van der Waals surface area (Å²) >= 11 is 0. The Bertz CT molecular complexity index is 965. The molecule has 0 bridgehead atoms. The molecule has 0 radical (unpaired) electrons. The van der Waals surface area contributed by atoms with Crippen LogP contribution in [-0.4, -0.2) is 23.0 Å². The van der Waals surface area contributed by atoms with E-state index in [1.54, 1.807) is 0 Å². The third-order valence-electron chi connectivity index (χ3n) is 4.53. The van der Waals surface area contributed by atoms with Gasteiger partial charge in [0.05, 0.1) is 12.8 Å². The topological polar surface area (TPSA) is 66.4 Å². The second-order valence-corrected chi connectivity index (χ2v) is 6.91. The molecule has 1 atom stereocenters. The maximum atomic E-state index is 12.4. The highest BCUT2D eigenvalue weighted by Crippen LogP contribution is 2.17. The number of aryl methyl sites for hydroxylation is 1. The van der Waals surface area contributed by atoms with Gasteiger partial charge in [-0.1, -0.05) is 72.3 Å². The van der Waals surface area contributed by atoms with E-state index in [-0.39, 0.29) is 18.7 Å². The van der Waals surface area contributed by atoms with E-state index in [0.717, 1.165) is 27.5 Å². The first-order valence-corrected chi connectivity index (χ1v) is 9.04. The minimum absolute atomic E-state index is 0.105. The van der Waals surface area contributed by atoms with E-state index in [0.29, 0.717) is 6.42 Å². The number of hydrogen-bond donors (Lipinski definition) is 2. The quantitative estimate of drug-likeness (QED) is 0.671. The van der Waals surface area contributed by atoms with Gasteiger partial charge in [0.25, 0.3) is 0 Å². The van der Waals surface area contributed by atoms with Crippen LogP contribution in [-0.2, 0) is 22.4 Å². The number of carboxylic acid groups (broad SMARTS) is 1. The lowest BCUT2D eigenvalue weighted by atomic mass is 9.99. The van der Waals surface area contributed by atoms with Crippen LogP contribution in [0.2, 0.25) is 0 Å². The van der Waals surface area contributed by atoms with Gasteiger partial charge in [-0.05, 0) is 35.2 Å². The molecule has 3 aromatic carbocycles. The summed E-state index contributed by atoms with van der Waals surface area (Å²) in [6, 6.07) is 21.4. The summed E-state index contributed by atoms with van der Waals surface area (Å²) in [7, 11) is 0. The van der Waals surface area contributed by atoms with Crippen LogP contribution in [0.4, 0.5) is 0 Å². The minimum Gasteiger partial charge on any atom is -0.481 e. The third-order valence-corrected chi connectivity index (χ3v) is 4.53. The van der Waals surface area contributed by atoms with Crippen molar-refractivity contribution < 1.29 is 14.7 Å². The lowest BCUT2D eigenvalue weighted by Crippen LogP contribution is -2.39. The molecule has 3 rings (SSSR count). The van der Waals surface area contributed by atoms with Crippen molar-refractivity contribution >= 4 is 22.6 Å². The molecule has 0 saturated carbocycles. The van der Waals surface area contributed by atoms with Crippen molar-refractivity contribution in [3.05, 3.63) is 83.4 Å². The van der Waals surface area contributed by atoms with Gasteiger partial charge in [0.2, 0.25) is 5.91 Å². The smallest absolute Gasteiger partial charge is 0.305 e. The molecule has 4 heteroatoms. The van der Waals surface area contributed by atoms with Crippen LogP contribution in [0.1, 0.15) is 23.1 Å². The normalized spacial score (nSPS) is 11.9. The lowest BCUT2D eigenvalue weighted by Gasteiger charge is -2.18. The number of rotatable bonds is 7. The number of nitrogens with one attached hydrogen (secondary N) is 1. The predicted molar refractivity (Wildman–Crippen MR) is 107 cm³/mol. The Morgan fingerprint density at radius 3 is 2.44 bits per heavy atom. The molecule has 0 unspecified atom stereocenters. The minimum atomic E-state index is -0.920. The maximum absolute atomic E-state index is 12.4. The lowest BCUT2D eigenvalue weighted by molar-refractivity contribution is -0.137. The van der Waals surface area contributed by atoms with Gasteiger partial charge >= 0.3 is 5.97 Å². The van der Waals surface area contributed by atoms with Crippen LogP contribution in [0.25, 0.3) is 10.8 Å². The van der Waals surface area contributed by atoms with Gasteiger partial charge in [-0.3, -0.25) is 9.59 Å². The highest BCUT2D eigenvalue weighted by atomic mass is 16.4. The molecule has 0 aliphatic rings. The summed E-state index contributed by atoms with van der Waals surface area (Å²) in [4.78, 5) is 23.7. The molecule has 27 heavy (non-hydrogen) atoms. The zero-order valence-corrected chi connectivity index (χ0v) is 15.3. The van der Waals surface area contributed by atoms with Crippen molar-refractivity contribution in [2.75, 3.05) is 0 Å². The molecule has 0 aromatic heterocycles. The Morgan fingerprint density at radius 2 is 1.70 bits per heavy atom. The average molecular weight is 361 g/mol. The van der Waals surface area contributed by atoms with E-state index in [9.17, 15) is 14.7 Å². The van der Waals surface area contributed by atoms with Crippen LogP contribution in [0.5, 0.6) is 0 Å². The molecule has 2 N–H and O–H groups in total. The third kappa shape index (κ3) is 5.42. The number of benzene rings is 3. The molecular formula is C23H23NO3. The average Bonchev–Trinajstić information content (AvgIpc) is 2.61. The Morgan fingerprint density at radius 1 is 0.926 bits per heavy atom. The molecular weight excluding hydrogens is 338 g/mol. The van der Waals surface area contributed by atoms with Gasteiger partial charge in [-0.2, -0.15) is 0 Å². The van der Waals surface area contributed by atoms with Crippen LogP contribution in [0.15, 0.2) is 66.7 Å². The summed E-state index contributed by atoms with van der Waals surface area (Å²) in [5.41, 5.74) is 3.03. The molecule has 0 fully saturated rings. The second-order valence-electron chi connectivity index (χ2n) is 6.91. The summed E-state index contributed by atoms with van der Waals surface area (Å²) in [5.74, 6) is -1.08. The molecule has 0 aliphatic heterocycles. The van der Waals surface area contributed by atoms with Crippen molar-refractivity contribution in [3.63, 3.8) is 0 Å². The predicted octanol–water partition coefficient (Wildman–Crippen LogP) is 3.89. The largest absolute Gasteiger partial charge is 0.481 e. The first-order chi connectivity index (χ1) is 13.0. The maximum Gasteiger partial charge on any atom is 0.305 e. The van der Waals surface area contributed by atoms with Crippen LogP contribution in [0.3, 0.4) is 0 Å².